The van der Waals surface area contributed by atoms with Crippen molar-refractivity contribution in [3.63, 3.8) is 0 Å². The van der Waals surface area contributed by atoms with E-state index in [0.717, 1.165) is 23.1 Å². The molecule has 196 valence electrons. The van der Waals surface area contributed by atoms with E-state index in [4.69, 9.17) is 4.74 Å². The number of ether oxygens (including phenoxy) is 1. The Hall–Kier alpha value is -3.16. The van der Waals surface area contributed by atoms with Crippen LogP contribution in [0.1, 0.15) is 36.0 Å². The number of nitrogens with zero attached hydrogens (tertiary/aromatic N) is 2. The van der Waals surface area contributed by atoms with Crippen LogP contribution >= 0.6 is 0 Å². The minimum absolute atomic E-state index is 0.0153. The summed E-state index contributed by atoms with van der Waals surface area (Å²) in [7, 11) is -1.76. The molecule has 0 bridgehead atoms. The van der Waals surface area contributed by atoms with Crippen LogP contribution in [0.4, 0.5) is 0 Å². The van der Waals surface area contributed by atoms with E-state index in [1.807, 2.05) is 91.9 Å². The summed E-state index contributed by atoms with van der Waals surface area (Å²) in [4.78, 5) is 15.1. The van der Waals surface area contributed by atoms with Gasteiger partial charge in [0.2, 0.25) is 15.9 Å². The van der Waals surface area contributed by atoms with Crippen molar-refractivity contribution in [3.8, 4) is 5.75 Å². The van der Waals surface area contributed by atoms with E-state index < -0.39 is 15.4 Å². The fourth-order valence-corrected chi connectivity index (χ4v) is 6.63. The van der Waals surface area contributed by atoms with E-state index in [-0.39, 0.29) is 31.2 Å². The molecule has 0 aliphatic carbocycles. The lowest BCUT2D eigenvalue weighted by Crippen LogP contribution is -2.50. The van der Waals surface area contributed by atoms with Crippen molar-refractivity contribution in [2.75, 3.05) is 26.7 Å². The third-order valence-corrected chi connectivity index (χ3v) is 8.75. The average Bonchev–Trinajstić information content (AvgIpc) is 2.89. The summed E-state index contributed by atoms with van der Waals surface area (Å²) >= 11 is 0. The molecule has 1 unspecified atom stereocenters. The molecule has 0 spiro atoms. The molecule has 1 amide bonds. The quantitative estimate of drug-likeness (QED) is 0.376. The molecule has 0 N–H and O–H groups in total. The fraction of sp³-hybridized carbons (Fsp3) is 0.367. The molecule has 37 heavy (non-hydrogen) atoms. The third-order valence-electron chi connectivity index (χ3n) is 6.95. The number of benzene rings is 3. The second-order valence-corrected chi connectivity index (χ2v) is 12.2. The van der Waals surface area contributed by atoms with Gasteiger partial charge in [0.05, 0.1) is 12.4 Å². The molecule has 1 saturated heterocycles. The zero-order valence-corrected chi connectivity index (χ0v) is 22.5. The van der Waals surface area contributed by atoms with E-state index in [9.17, 15) is 13.2 Å². The topological polar surface area (TPSA) is 66.9 Å². The van der Waals surface area contributed by atoms with Gasteiger partial charge in [-0.1, -0.05) is 78.4 Å². The Morgan fingerprint density at radius 3 is 2.35 bits per heavy atom. The van der Waals surface area contributed by atoms with Crippen LogP contribution in [0.5, 0.6) is 5.75 Å². The monoisotopic (exact) mass is 520 g/mol. The van der Waals surface area contributed by atoms with Gasteiger partial charge in [-0.15, -0.1) is 0 Å². The second kappa shape index (κ2) is 11.9. The van der Waals surface area contributed by atoms with Gasteiger partial charge < -0.3 is 9.64 Å². The summed E-state index contributed by atoms with van der Waals surface area (Å²) in [5.41, 5.74) is 2.24. The van der Waals surface area contributed by atoms with Gasteiger partial charge in [-0.2, -0.15) is 0 Å². The van der Waals surface area contributed by atoms with Crippen LogP contribution in [-0.2, 0) is 27.1 Å². The molecule has 4 rings (SSSR count). The van der Waals surface area contributed by atoms with Gasteiger partial charge in [0.1, 0.15) is 5.75 Å². The van der Waals surface area contributed by atoms with Gasteiger partial charge in [-0.05, 0) is 43.0 Å². The van der Waals surface area contributed by atoms with Gasteiger partial charge >= 0.3 is 0 Å². The Kier molecular flexibility index (Phi) is 8.67. The first-order chi connectivity index (χ1) is 17.7. The maximum Gasteiger partial charge on any atom is 0.223 e. The summed E-state index contributed by atoms with van der Waals surface area (Å²) < 4.78 is 34.7. The minimum Gasteiger partial charge on any atom is -0.493 e. The van der Waals surface area contributed by atoms with Crippen LogP contribution in [-0.4, -0.2) is 50.3 Å². The van der Waals surface area contributed by atoms with Crippen molar-refractivity contribution in [2.24, 2.45) is 5.41 Å². The van der Waals surface area contributed by atoms with Crippen molar-refractivity contribution in [1.29, 1.82) is 0 Å². The molecular weight excluding hydrogens is 484 g/mol. The zero-order valence-electron chi connectivity index (χ0n) is 21.7. The Labute approximate surface area is 220 Å². The number of amides is 1. The number of piperidine rings is 1. The Morgan fingerprint density at radius 2 is 1.65 bits per heavy atom. The molecule has 1 atom stereocenters. The number of carbonyl (C=O) groups is 1. The minimum atomic E-state index is -3.56. The highest BCUT2D eigenvalue weighted by Gasteiger charge is 2.42. The fourth-order valence-electron chi connectivity index (χ4n) is 4.97. The number of carbonyl (C=O) groups excluding carboxylic acids is 1. The Morgan fingerprint density at radius 1 is 0.973 bits per heavy atom. The SMILES string of the molecule is Cc1cccc(CS(=O)(=O)N2CCCC(COc3ccccc3)(CC(=O)N(C)Cc3ccccc3)C2)c1. The standard InChI is InChI=1S/C30H36N2O4S/c1-25-11-9-14-27(19-25)22-37(34,35)32-18-10-17-30(23-32,24-36-28-15-7-4-8-16-28)20-29(33)31(2)21-26-12-5-3-6-13-26/h3-9,11-16,19H,10,17-18,20-24H2,1-2H3. The summed E-state index contributed by atoms with van der Waals surface area (Å²) in [5.74, 6) is 0.650. The van der Waals surface area contributed by atoms with Gasteiger partial charge in [-0.3, -0.25) is 4.79 Å². The summed E-state index contributed by atoms with van der Waals surface area (Å²) in [6, 6.07) is 27.0. The summed E-state index contributed by atoms with van der Waals surface area (Å²) in [5, 5.41) is 0. The second-order valence-electron chi connectivity index (χ2n) is 10.2. The number of aryl methyl sites for hydroxylation is 1. The first-order valence-corrected chi connectivity index (χ1v) is 14.3. The van der Waals surface area contributed by atoms with Gasteiger partial charge in [0, 0.05) is 38.5 Å². The van der Waals surface area contributed by atoms with E-state index >= 15 is 0 Å². The lowest BCUT2D eigenvalue weighted by molar-refractivity contribution is -0.134. The molecule has 7 heteroatoms. The highest BCUT2D eigenvalue weighted by Crippen LogP contribution is 2.37. The molecule has 6 nitrogen and oxygen atoms in total. The number of sulfonamides is 1. The van der Waals surface area contributed by atoms with E-state index in [2.05, 4.69) is 0 Å². The molecule has 0 aromatic heterocycles. The third kappa shape index (κ3) is 7.43. The van der Waals surface area contributed by atoms with E-state index in [1.54, 1.807) is 16.3 Å². The number of hydrogen-bond acceptors (Lipinski definition) is 4. The molecule has 1 aliphatic rings. The predicted octanol–water partition coefficient (Wildman–Crippen LogP) is 5.03. The molecule has 3 aromatic carbocycles. The summed E-state index contributed by atoms with van der Waals surface area (Å²) in [6.07, 6.45) is 1.63. The molecule has 1 heterocycles. The first-order valence-electron chi connectivity index (χ1n) is 12.7. The maximum absolute atomic E-state index is 13.5. The lowest BCUT2D eigenvalue weighted by Gasteiger charge is -2.42. The highest BCUT2D eigenvalue weighted by molar-refractivity contribution is 7.88. The molecular formula is C30H36N2O4S. The van der Waals surface area contributed by atoms with Gasteiger partial charge in [-0.25, -0.2) is 12.7 Å². The molecule has 0 radical (unpaired) electrons. The average molecular weight is 521 g/mol. The van der Waals surface area contributed by atoms with Crippen molar-refractivity contribution in [2.45, 2.75) is 38.5 Å². The highest BCUT2D eigenvalue weighted by atomic mass is 32.2. The van der Waals surface area contributed by atoms with Crippen LogP contribution in [0, 0.1) is 12.3 Å². The Balaban J connectivity index is 1.53. The number of hydrogen-bond donors (Lipinski definition) is 0. The van der Waals surface area contributed by atoms with Crippen LogP contribution in [0.2, 0.25) is 0 Å². The van der Waals surface area contributed by atoms with Crippen LogP contribution in [0.25, 0.3) is 0 Å². The zero-order chi connectivity index (χ0) is 26.3. The maximum atomic E-state index is 13.5. The summed E-state index contributed by atoms with van der Waals surface area (Å²) in [6.45, 7) is 3.46. The van der Waals surface area contributed by atoms with E-state index in [0.29, 0.717) is 25.3 Å². The van der Waals surface area contributed by atoms with Gasteiger partial charge in [0.25, 0.3) is 0 Å². The predicted molar refractivity (Wildman–Crippen MR) is 147 cm³/mol. The van der Waals surface area contributed by atoms with Gasteiger partial charge in [0.15, 0.2) is 0 Å². The lowest BCUT2D eigenvalue weighted by atomic mass is 9.78. The van der Waals surface area contributed by atoms with Crippen molar-refractivity contribution in [1.82, 2.24) is 9.21 Å². The van der Waals surface area contributed by atoms with Crippen LogP contribution < -0.4 is 4.74 Å². The van der Waals surface area contributed by atoms with Crippen LogP contribution in [0.3, 0.4) is 0 Å². The number of para-hydroxylation sites is 1. The number of rotatable bonds is 10. The first kappa shape index (κ1) is 26.9. The molecule has 3 aromatic rings. The van der Waals surface area contributed by atoms with Crippen molar-refractivity contribution >= 4 is 15.9 Å². The normalized spacial score (nSPS) is 18.3. The molecule has 0 saturated carbocycles. The Bertz CT molecular complexity index is 1280. The largest absolute Gasteiger partial charge is 0.493 e. The van der Waals surface area contributed by atoms with Crippen LogP contribution in [0.15, 0.2) is 84.9 Å². The molecule has 1 fully saturated rings. The van der Waals surface area contributed by atoms with E-state index in [1.165, 1.54) is 0 Å². The van der Waals surface area contributed by atoms with Crippen molar-refractivity contribution in [3.05, 3.63) is 102 Å². The molecule has 1 aliphatic heterocycles. The van der Waals surface area contributed by atoms with Crippen molar-refractivity contribution < 1.29 is 17.9 Å². The smallest absolute Gasteiger partial charge is 0.223 e.